The largest absolute Gasteiger partial charge is 0.306 e. The monoisotopic (exact) mass is 1100 g/mol. The molecule has 4 heterocycles. The number of hydrogen-bond acceptors (Lipinski definition) is 9. The highest BCUT2D eigenvalue weighted by molar-refractivity contribution is 6.11. The van der Waals surface area contributed by atoms with Crippen molar-refractivity contribution in [2.24, 2.45) is 0 Å². The van der Waals surface area contributed by atoms with Gasteiger partial charge in [0.05, 0.1) is 51.2 Å². The van der Waals surface area contributed by atoms with E-state index in [1.54, 1.807) is 0 Å². The van der Waals surface area contributed by atoms with Crippen molar-refractivity contribution in [3.8, 4) is 113 Å². The van der Waals surface area contributed by atoms with Crippen molar-refractivity contribution in [1.82, 2.24) is 34.9 Å². The average molecular weight is 1100 g/mol. The number of rotatable bonds is 12. The van der Waals surface area contributed by atoms with Gasteiger partial charge in [0.2, 0.25) is 5.95 Å². The van der Waals surface area contributed by atoms with E-state index in [0.717, 1.165) is 112 Å². The molecule has 0 aliphatic carbocycles. The first kappa shape index (κ1) is 51.1. The number of fused-ring (bicyclic) bond motifs is 2. The first-order valence-corrected chi connectivity index (χ1v) is 28.6. The smallest absolute Gasteiger partial charge is 0.235 e. The molecule has 14 aromatic rings. The zero-order chi connectivity index (χ0) is 57.2. The minimum absolute atomic E-state index is 0.499. The fourth-order valence-corrected chi connectivity index (χ4v) is 11.5. The van der Waals surface area contributed by atoms with Crippen molar-refractivity contribution < 1.29 is 0 Å². The molecule has 11 aromatic carbocycles. The second-order valence-electron chi connectivity index (χ2n) is 20.9. The second-order valence-corrected chi connectivity index (χ2v) is 20.9. The summed E-state index contributed by atoms with van der Waals surface area (Å²) in [4.78, 5) is 43.0. The van der Waals surface area contributed by atoms with Gasteiger partial charge in [-0.2, -0.15) is 0 Å². The predicted molar refractivity (Wildman–Crippen MR) is 348 cm³/mol. The van der Waals surface area contributed by atoms with Crippen LogP contribution in [-0.2, 0) is 0 Å². The van der Waals surface area contributed by atoms with Gasteiger partial charge in [-0.25, -0.2) is 34.9 Å². The lowest BCUT2D eigenvalue weighted by Gasteiger charge is -2.40. The third kappa shape index (κ3) is 9.70. The Labute approximate surface area is 498 Å². The highest BCUT2D eigenvalue weighted by Crippen LogP contribution is 2.59. The van der Waals surface area contributed by atoms with E-state index in [2.05, 4.69) is 222 Å². The minimum Gasteiger partial charge on any atom is -0.306 e. The molecule has 9 heteroatoms. The average Bonchev–Trinajstić information content (AvgIpc) is 0.841. The summed E-state index contributed by atoms with van der Waals surface area (Å²) in [5.74, 6) is 2.70. The van der Waals surface area contributed by atoms with Crippen molar-refractivity contribution >= 4 is 34.4 Å². The SMILES string of the molecule is c1ccc(-c2cc(-c3c(N4c5ccccc5N(c5nc(-c6ccccc6)cc(-c6ccccc6)n5)c5ccccc54)cc(-c4ccccc4)c(-c4nc(-c5ccccc5)nc(-c5ccccc5)n4)c3-c3ccccc3)nc(-c3ccccc3)n2)cc1. The zero-order valence-corrected chi connectivity index (χ0v) is 46.5. The molecular weight excluding hydrogens is 1050 g/mol. The Kier molecular flexibility index (Phi) is 13.4. The summed E-state index contributed by atoms with van der Waals surface area (Å²) < 4.78 is 0. The minimum atomic E-state index is 0.499. The normalized spacial score (nSPS) is 11.7. The molecule has 0 bridgehead atoms. The van der Waals surface area contributed by atoms with Crippen molar-refractivity contribution in [2.75, 3.05) is 9.80 Å². The molecule has 1 aliphatic heterocycles. The van der Waals surface area contributed by atoms with E-state index in [-0.39, 0.29) is 0 Å². The fraction of sp³-hybridized carbons (Fsp3) is 0. The van der Waals surface area contributed by atoms with Crippen molar-refractivity contribution in [1.29, 1.82) is 0 Å². The van der Waals surface area contributed by atoms with Crippen molar-refractivity contribution in [3.05, 3.63) is 309 Å². The first-order valence-electron chi connectivity index (χ1n) is 28.6. The number of hydrogen-bond donors (Lipinski definition) is 0. The summed E-state index contributed by atoms with van der Waals surface area (Å²) in [6.45, 7) is 0. The topological polar surface area (TPSA) is 96.7 Å². The molecule has 0 atom stereocenters. The van der Waals surface area contributed by atoms with E-state index in [0.29, 0.717) is 34.9 Å². The maximum Gasteiger partial charge on any atom is 0.235 e. The molecule has 0 fully saturated rings. The Morgan fingerprint density at radius 3 is 0.907 bits per heavy atom. The Balaban J connectivity index is 1.09. The van der Waals surface area contributed by atoms with Crippen LogP contribution in [0.15, 0.2) is 309 Å². The van der Waals surface area contributed by atoms with Gasteiger partial charge in [0.25, 0.3) is 0 Å². The highest BCUT2D eigenvalue weighted by Gasteiger charge is 2.36. The van der Waals surface area contributed by atoms with Gasteiger partial charge < -0.3 is 4.90 Å². The molecule has 404 valence electrons. The van der Waals surface area contributed by atoms with Crippen LogP contribution < -0.4 is 9.80 Å². The summed E-state index contributed by atoms with van der Waals surface area (Å²) in [6, 6.07) is 106. The maximum atomic E-state index is 5.74. The van der Waals surface area contributed by atoms with Gasteiger partial charge >= 0.3 is 0 Å². The Morgan fingerprint density at radius 1 is 0.186 bits per heavy atom. The fourth-order valence-electron chi connectivity index (χ4n) is 11.5. The Morgan fingerprint density at radius 2 is 0.488 bits per heavy atom. The summed E-state index contributed by atoms with van der Waals surface area (Å²) >= 11 is 0. The van der Waals surface area contributed by atoms with Crippen LogP contribution in [0.25, 0.3) is 113 Å². The highest BCUT2D eigenvalue weighted by atomic mass is 15.3. The molecule has 0 saturated carbocycles. The van der Waals surface area contributed by atoms with Crippen LogP contribution in [-0.4, -0.2) is 34.9 Å². The van der Waals surface area contributed by atoms with Gasteiger partial charge in [0.1, 0.15) is 0 Å². The standard InChI is InChI=1S/C77H51N9/c1-9-29-52(30-10-1)60-49-69(85-65-45-25-27-47-67(65)86(68-48-28-26-46-66(68)85)77-80-62(54-33-13-3-14-34-54)50-63(81-77)55-35-15-4-16-36-55)72(64-51-61(53-31-11-2-12-32-53)78-73(79-64)57-39-19-6-20-40-57)70(56-37-17-5-18-38-56)71(60)76-83-74(58-41-21-7-22-42-58)82-75(84-76)59-43-23-8-24-44-59/h1-51H. The molecule has 0 N–H and O–H groups in total. The molecule has 9 nitrogen and oxygen atoms in total. The zero-order valence-electron chi connectivity index (χ0n) is 46.5. The van der Waals surface area contributed by atoms with E-state index in [9.17, 15) is 0 Å². The van der Waals surface area contributed by atoms with Gasteiger partial charge in [-0.3, -0.25) is 4.90 Å². The van der Waals surface area contributed by atoms with E-state index < -0.39 is 0 Å². The van der Waals surface area contributed by atoms with E-state index in [1.807, 2.05) is 97.1 Å². The first-order chi connectivity index (χ1) is 42.7. The number of benzene rings is 11. The molecule has 0 radical (unpaired) electrons. The summed E-state index contributed by atoms with van der Waals surface area (Å²) in [5, 5.41) is 0. The predicted octanol–water partition coefficient (Wildman–Crippen LogP) is 19.4. The third-order valence-corrected chi connectivity index (χ3v) is 15.5. The summed E-state index contributed by atoms with van der Waals surface area (Å²) in [6.07, 6.45) is 0. The number of aromatic nitrogens is 7. The lowest BCUT2D eigenvalue weighted by Crippen LogP contribution is -2.26. The number of para-hydroxylation sites is 4. The van der Waals surface area contributed by atoms with Crippen LogP contribution in [0.3, 0.4) is 0 Å². The molecule has 0 spiro atoms. The molecule has 86 heavy (non-hydrogen) atoms. The molecule has 15 rings (SSSR count). The van der Waals surface area contributed by atoms with Crippen LogP contribution in [0.2, 0.25) is 0 Å². The van der Waals surface area contributed by atoms with Gasteiger partial charge in [-0.15, -0.1) is 0 Å². The van der Waals surface area contributed by atoms with Crippen LogP contribution in [0, 0.1) is 0 Å². The van der Waals surface area contributed by atoms with Crippen LogP contribution >= 0.6 is 0 Å². The molecule has 3 aromatic heterocycles. The molecule has 0 unspecified atom stereocenters. The van der Waals surface area contributed by atoms with Crippen molar-refractivity contribution in [3.63, 3.8) is 0 Å². The van der Waals surface area contributed by atoms with Crippen LogP contribution in [0.1, 0.15) is 0 Å². The van der Waals surface area contributed by atoms with Gasteiger partial charge in [0.15, 0.2) is 23.3 Å². The van der Waals surface area contributed by atoms with Gasteiger partial charge in [-0.1, -0.05) is 267 Å². The molecule has 0 amide bonds. The number of anilines is 6. The molecule has 1 aliphatic rings. The second kappa shape index (κ2) is 22.5. The van der Waals surface area contributed by atoms with E-state index in [4.69, 9.17) is 34.9 Å². The van der Waals surface area contributed by atoms with Gasteiger partial charge in [0, 0.05) is 50.1 Å². The molecular formula is C77H51N9. The summed E-state index contributed by atoms with van der Waals surface area (Å²) in [7, 11) is 0. The Bertz CT molecular complexity index is 4510. The van der Waals surface area contributed by atoms with Gasteiger partial charge in [-0.05, 0) is 59.2 Å². The van der Waals surface area contributed by atoms with Crippen LogP contribution in [0.4, 0.5) is 34.4 Å². The quantitative estimate of drug-likeness (QED) is 0.118. The number of nitrogens with zero attached hydrogens (tertiary/aromatic N) is 9. The third-order valence-electron chi connectivity index (χ3n) is 15.5. The lowest BCUT2D eigenvalue weighted by atomic mass is 9.84. The molecule has 0 saturated heterocycles. The maximum absolute atomic E-state index is 5.74. The van der Waals surface area contributed by atoms with E-state index >= 15 is 0 Å². The van der Waals surface area contributed by atoms with E-state index in [1.165, 1.54) is 0 Å². The summed E-state index contributed by atoms with van der Waals surface area (Å²) in [5.41, 5.74) is 18.3. The lowest BCUT2D eigenvalue weighted by molar-refractivity contribution is 1.06. The van der Waals surface area contributed by atoms with Crippen LogP contribution in [0.5, 0.6) is 0 Å². The van der Waals surface area contributed by atoms with Crippen molar-refractivity contribution in [2.45, 2.75) is 0 Å². The Hall–Kier alpha value is -11.8.